The van der Waals surface area contributed by atoms with Crippen LogP contribution in [0.3, 0.4) is 0 Å². The first kappa shape index (κ1) is 17.1. The maximum absolute atomic E-state index is 12.3. The van der Waals surface area contributed by atoms with Crippen molar-refractivity contribution in [2.24, 2.45) is 0 Å². The Balaban J connectivity index is 2.17. The second-order valence-corrected chi connectivity index (χ2v) is 7.51. The molecule has 2 rings (SSSR count). The SMILES string of the molecule is O=S1(=O)CCN(c2cc(CCl)nc(NCC(F)(F)F)c2)CC1. The minimum Gasteiger partial charge on any atom is -0.369 e. The summed E-state index contributed by atoms with van der Waals surface area (Å²) in [5.74, 6) is 0.174. The fourth-order valence-electron chi connectivity index (χ4n) is 2.07. The van der Waals surface area contributed by atoms with Crippen molar-refractivity contribution < 1.29 is 21.6 Å². The number of nitrogens with one attached hydrogen (secondary N) is 1. The van der Waals surface area contributed by atoms with Crippen molar-refractivity contribution in [1.82, 2.24) is 4.98 Å². The first-order valence-electron chi connectivity index (χ1n) is 6.51. The fraction of sp³-hybridized carbons (Fsp3) is 0.583. The molecule has 1 N–H and O–H groups in total. The molecule has 1 fully saturated rings. The summed E-state index contributed by atoms with van der Waals surface area (Å²) in [5, 5.41) is 2.22. The molecule has 5 nitrogen and oxygen atoms in total. The third-order valence-electron chi connectivity index (χ3n) is 3.18. The Bertz CT molecular complexity index is 623. The summed E-state index contributed by atoms with van der Waals surface area (Å²) in [7, 11) is -3.03. The van der Waals surface area contributed by atoms with E-state index in [-0.39, 0.29) is 23.2 Å². The first-order valence-corrected chi connectivity index (χ1v) is 8.87. The molecule has 1 aliphatic heterocycles. The number of rotatable bonds is 4. The van der Waals surface area contributed by atoms with E-state index in [4.69, 9.17) is 11.6 Å². The molecule has 124 valence electrons. The number of pyridine rings is 1. The van der Waals surface area contributed by atoms with E-state index in [1.807, 2.05) is 0 Å². The van der Waals surface area contributed by atoms with Gasteiger partial charge >= 0.3 is 6.18 Å². The lowest BCUT2D eigenvalue weighted by atomic mass is 10.2. The Morgan fingerprint density at radius 3 is 2.45 bits per heavy atom. The average Bonchev–Trinajstić information content (AvgIpc) is 2.44. The van der Waals surface area contributed by atoms with Crippen molar-refractivity contribution in [1.29, 1.82) is 0 Å². The molecular formula is C12H15ClF3N3O2S. The number of alkyl halides is 4. The number of anilines is 2. The summed E-state index contributed by atoms with van der Waals surface area (Å²) < 4.78 is 59.7. The van der Waals surface area contributed by atoms with E-state index in [0.717, 1.165) is 0 Å². The van der Waals surface area contributed by atoms with E-state index in [2.05, 4.69) is 10.3 Å². The third kappa shape index (κ3) is 4.91. The highest BCUT2D eigenvalue weighted by molar-refractivity contribution is 7.91. The van der Waals surface area contributed by atoms with Crippen LogP contribution in [-0.2, 0) is 15.7 Å². The van der Waals surface area contributed by atoms with Crippen LogP contribution in [0.5, 0.6) is 0 Å². The van der Waals surface area contributed by atoms with Crippen molar-refractivity contribution in [3.63, 3.8) is 0 Å². The highest BCUT2D eigenvalue weighted by atomic mass is 35.5. The molecule has 0 saturated carbocycles. The van der Waals surface area contributed by atoms with Gasteiger partial charge in [-0.1, -0.05) is 0 Å². The standard InChI is InChI=1S/C12H15ClF3N3O2S/c13-7-9-5-10(19-1-3-22(20,21)4-2-19)6-11(18-9)17-8-12(14,15)16/h5-6H,1-4,7-8H2,(H,17,18). The molecule has 10 heteroatoms. The van der Waals surface area contributed by atoms with Crippen molar-refractivity contribution in [3.05, 3.63) is 17.8 Å². The largest absolute Gasteiger partial charge is 0.405 e. The van der Waals surface area contributed by atoms with Gasteiger partial charge in [0, 0.05) is 24.8 Å². The zero-order valence-electron chi connectivity index (χ0n) is 11.5. The lowest BCUT2D eigenvalue weighted by Gasteiger charge is -2.29. The number of nitrogens with zero attached hydrogens (tertiary/aromatic N) is 2. The first-order chi connectivity index (χ1) is 10.2. The van der Waals surface area contributed by atoms with Gasteiger partial charge in [0.15, 0.2) is 9.84 Å². The molecule has 1 saturated heterocycles. The lowest BCUT2D eigenvalue weighted by molar-refractivity contribution is -0.115. The fourth-order valence-corrected chi connectivity index (χ4v) is 3.41. The summed E-state index contributed by atoms with van der Waals surface area (Å²) in [6, 6.07) is 3.13. The molecule has 0 radical (unpaired) electrons. The van der Waals surface area contributed by atoms with E-state index in [9.17, 15) is 21.6 Å². The second kappa shape index (κ2) is 6.49. The van der Waals surface area contributed by atoms with Crippen LogP contribution in [-0.4, -0.2) is 50.7 Å². The molecule has 0 bridgehead atoms. The van der Waals surface area contributed by atoms with Gasteiger partial charge in [-0.15, -0.1) is 11.6 Å². The number of hydrogen-bond acceptors (Lipinski definition) is 5. The topological polar surface area (TPSA) is 62.3 Å². The van der Waals surface area contributed by atoms with Gasteiger partial charge in [0.05, 0.1) is 23.1 Å². The Morgan fingerprint density at radius 1 is 1.27 bits per heavy atom. The van der Waals surface area contributed by atoms with Crippen LogP contribution < -0.4 is 10.2 Å². The zero-order chi connectivity index (χ0) is 16.4. The van der Waals surface area contributed by atoms with Gasteiger partial charge in [0.2, 0.25) is 0 Å². The molecule has 1 aromatic rings. The third-order valence-corrected chi connectivity index (χ3v) is 5.06. The van der Waals surface area contributed by atoms with Gasteiger partial charge in [0.1, 0.15) is 12.4 Å². The van der Waals surface area contributed by atoms with Crippen LogP contribution in [0, 0.1) is 0 Å². The maximum Gasteiger partial charge on any atom is 0.405 e. The molecule has 1 aromatic heterocycles. The van der Waals surface area contributed by atoms with Crippen LogP contribution in [0.4, 0.5) is 24.7 Å². The number of sulfone groups is 1. The van der Waals surface area contributed by atoms with Crippen molar-refractivity contribution in [3.8, 4) is 0 Å². The summed E-state index contributed by atoms with van der Waals surface area (Å²) in [4.78, 5) is 5.79. The van der Waals surface area contributed by atoms with Gasteiger partial charge in [-0.05, 0) is 6.07 Å². The molecular weight excluding hydrogens is 343 g/mol. The monoisotopic (exact) mass is 357 g/mol. The zero-order valence-corrected chi connectivity index (χ0v) is 13.1. The Labute approximate surface area is 131 Å². The minimum atomic E-state index is -4.35. The lowest BCUT2D eigenvalue weighted by Crippen LogP contribution is -2.40. The molecule has 2 heterocycles. The Morgan fingerprint density at radius 2 is 1.91 bits per heavy atom. The van der Waals surface area contributed by atoms with Crippen molar-refractivity contribution in [2.45, 2.75) is 12.1 Å². The molecule has 0 atom stereocenters. The predicted octanol–water partition coefficient (Wildman–Crippen LogP) is 2.03. The van der Waals surface area contributed by atoms with E-state index in [1.165, 1.54) is 6.07 Å². The molecule has 0 spiro atoms. The van der Waals surface area contributed by atoms with E-state index >= 15 is 0 Å². The van der Waals surface area contributed by atoms with Gasteiger partial charge in [0.25, 0.3) is 0 Å². The molecule has 22 heavy (non-hydrogen) atoms. The molecule has 0 unspecified atom stereocenters. The maximum atomic E-state index is 12.3. The van der Waals surface area contributed by atoms with Gasteiger partial charge in [-0.3, -0.25) is 0 Å². The molecule has 1 aliphatic rings. The molecule has 0 aliphatic carbocycles. The second-order valence-electron chi connectivity index (χ2n) is 4.94. The number of halogens is 4. The van der Waals surface area contributed by atoms with Crippen LogP contribution in [0.1, 0.15) is 5.69 Å². The van der Waals surface area contributed by atoms with Crippen molar-refractivity contribution >= 4 is 32.9 Å². The van der Waals surface area contributed by atoms with Gasteiger partial charge < -0.3 is 10.2 Å². The number of aromatic nitrogens is 1. The van der Waals surface area contributed by atoms with Crippen molar-refractivity contribution in [2.75, 3.05) is 41.4 Å². The molecule has 0 aromatic carbocycles. The summed E-state index contributed by atoms with van der Waals surface area (Å²) in [6.07, 6.45) is -4.35. The summed E-state index contributed by atoms with van der Waals surface area (Å²) >= 11 is 5.72. The molecule has 0 amide bonds. The van der Waals surface area contributed by atoms with E-state index in [1.54, 1.807) is 11.0 Å². The average molecular weight is 358 g/mol. The van der Waals surface area contributed by atoms with Crippen LogP contribution in [0.25, 0.3) is 0 Å². The normalized spacial score (nSPS) is 18.3. The van der Waals surface area contributed by atoms with E-state index in [0.29, 0.717) is 24.5 Å². The van der Waals surface area contributed by atoms with Crippen LogP contribution in [0.15, 0.2) is 12.1 Å². The Kier molecular flexibility index (Phi) is 5.06. The minimum absolute atomic E-state index is 0.0246. The van der Waals surface area contributed by atoms with E-state index < -0.39 is 22.6 Å². The summed E-state index contributed by atoms with van der Waals surface area (Å²) in [6.45, 7) is -0.598. The number of hydrogen-bond donors (Lipinski definition) is 1. The summed E-state index contributed by atoms with van der Waals surface area (Å²) in [5.41, 5.74) is 1.04. The Hall–Kier alpha value is -1.22. The van der Waals surface area contributed by atoms with Gasteiger partial charge in [-0.25, -0.2) is 13.4 Å². The highest BCUT2D eigenvalue weighted by Gasteiger charge is 2.27. The van der Waals surface area contributed by atoms with Crippen LogP contribution in [0.2, 0.25) is 0 Å². The predicted molar refractivity (Wildman–Crippen MR) is 79.2 cm³/mol. The highest BCUT2D eigenvalue weighted by Crippen LogP contribution is 2.24. The van der Waals surface area contributed by atoms with Crippen LogP contribution >= 0.6 is 11.6 Å². The smallest absolute Gasteiger partial charge is 0.369 e. The quantitative estimate of drug-likeness (QED) is 0.835. The van der Waals surface area contributed by atoms with Gasteiger partial charge in [-0.2, -0.15) is 13.2 Å².